The third-order valence-corrected chi connectivity index (χ3v) is 4.42. The summed E-state index contributed by atoms with van der Waals surface area (Å²) in [7, 11) is 0. The Balaban J connectivity index is 1.85. The van der Waals surface area contributed by atoms with Gasteiger partial charge in [-0.2, -0.15) is 0 Å². The molecule has 0 aromatic heterocycles. The van der Waals surface area contributed by atoms with Crippen molar-refractivity contribution in [1.82, 2.24) is 4.90 Å². The molecule has 0 saturated carbocycles. The van der Waals surface area contributed by atoms with Gasteiger partial charge in [0.05, 0.1) is 0 Å². The van der Waals surface area contributed by atoms with Crippen LogP contribution in [0, 0.1) is 13.8 Å². The minimum Gasteiger partial charge on any atom is -0.507 e. The molecule has 0 aliphatic heterocycles. The highest BCUT2D eigenvalue weighted by atomic mass is 16.3. The van der Waals surface area contributed by atoms with Crippen molar-refractivity contribution in [3.63, 3.8) is 0 Å². The maximum atomic E-state index is 10.5. The van der Waals surface area contributed by atoms with Crippen LogP contribution in [-0.4, -0.2) is 10.0 Å². The van der Waals surface area contributed by atoms with Crippen molar-refractivity contribution < 1.29 is 5.11 Å². The van der Waals surface area contributed by atoms with Gasteiger partial charge in [-0.1, -0.05) is 78.4 Å². The number of phenolic OH excluding ortho intramolecular Hbond substituents is 1. The van der Waals surface area contributed by atoms with Crippen molar-refractivity contribution >= 4 is 0 Å². The number of phenols is 1. The molecule has 0 aliphatic rings. The third-order valence-electron chi connectivity index (χ3n) is 4.42. The van der Waals surface area contributed by atoms with E-state index in [2.05, 4.69) is 66.4 Å². The van der Waals surface area contributed by atoms with E-state index in [-0.39, 0.29) is 0 Å². The van der Waals surface area contributed by atoms with Crippen LogP contribution < -0.4 is 0 Å². The van der Waals surface area contributed by atoms with Crippen LogP contribution in [0.1, 0.15) is 27.8 Å². The zero-order chi connectivity index (χ0) is 17.6. The Morgan fingerprint density at radius 1 is 0.720 bits per heavy atom. The lowest BCUT2D eigenvalue weighted by Crippen LogP contribution is -2.22. The van der Waals surface area contributed by atoms with Crippen molar-refractivity contribution in [1.29, 1.82) is 0 Å². The second-order valence-corrected chi connectivity index (χ2v) is 6.71. The fourth-order valence-electron chi connectivity index (χ4n) is 3.26. The Morgan fingerprint density at radius 3 is 1.76 bits per heavy atom. The first-order chi connectivity index (χ1) is 12.1. The maximum Gasteiger partial charge on any atom is 0.122 e. The first kappa shape index (κ1) is 17.2. The average Bonchev–Trinajstić information content (AvgIpc) is 2.61. The van der Waals surface area contributed by atoms with Crippen molar-refractivity contribution in [2.45, 2.75) is 33.5 Å². The first-order valence-electron chi connectivity index (χ1n) is 8.71. The minimum atomic E-state index is 0.414. The topological polar surface area (TPSA) is 23.5 Å². The lowest BCUT2D eigenvalue weighted by atomic mass is 10.0. The molecule has 0 spiro atoms. The Labute approximate surface area is 150 Å². The van der Waals surface area contributed by atoms with Gasteiger partial charge in [-0.3, -0.25) is 4.90 Å². The quantitative estimate of drug-likeness (QED) is 0.670. The molecule has 25 heavy (non-hydrogen) atoms. The molecule has 0 saturated heterocycles. The molecule has 1 N–H and O–H groups in total. The van der Waals surface area contributed by atoms with Gasteiger partial charge < -0.3 is 5.11 Å². The van der Waals surface area contributed by atoms with E-state index >= 15 is 0 Å². The standard InChI is InChI=1S/C23H25NO/c1-18-13-19(2)23(25)22(14-18)17-24(15-20-9-5-3-6-10-20)16-21-11-7-4-8-12-21/h3-14,25H,15-17H2,1-2H3. The second kappa shape index (κ2) is 8.00. The molecule has 0 heterocycles. The van der Waals surface area contributed by atoms with Crippen molar-refractivity contribution in [2.24, 2.45) is 0 Å². The summed E-state index contributed by atoms with van der Waals surface area (Å²) in [6.45, 7) is 6.46. The van der Waals surface area contributed by atoms with Gasteiger partial charge in [0.25, 0.3) is 0 Å². The number of benzene rings is 3. The van der Waals surface area contributed by atoms with E-state index < -0.39 is 0 Å². The van der Waals surface area contributed by atoms with Gasteiger partial charge in [-0.25, -0.2) is 0 Å². The van der Waals surface area contributed by atoms with Gasteiger partial charge in [0, 0.05) is 25.2 Å². The smallest absolute Gasteiger partial charge is 0.122 e. The summed E-state index contributed by atoms with van der Waals surface area (Å²) in [5.41, 5.74) is 5.67. The van der Waals surface area contributed by atoms with Gasteiger partial charge in [0.2, 0.25) is 0 Å². The summed E-state index contributed by atoms with van der Waals surface area (Å²) in [6.07, 6.45) is 0. The van der Waals surface area contributed by atoms with E-state index in [1.807, 2.05) is 25.1 Å². The Hall–Kier alpha value is -2.58. The summed E-state index contributed by atoms with van der Waals surface area (Å²) in [4.78, 5) is 2.37. The third kappa shape index (κ3) is 4.71. The van der Waals surface area contributed by atoms with Crippen molar-refractivity contribution in [2.75, 3.05) is 0 Å². The molecular formula is C23H25NO. The lowest BCUT2D eigenvalue weighted by Gasteiger charge is -2.24. The van der Waals surface area contributed by atoms with Gasteiger partial charge in [0.15, 0.2) is 0 Å². The van der Waals surface area contributed by atoms with Crippen LogP contribution in [-0.2, 0) is 19.6 Å². The SMILES string of the molecule is Cc1cc(C)c(O)c(CN(Cc2ccccc2)Cc2ccccc2)c1. The number of aromatic hydroxyl groups is 1. The number of aryl methyl sites for hydroxylation is 2. The van der Waals surface area contributed by atoms with E-state index in [4.69, 9.17) is 0 Å². The van der Waals surface area contributed by atoms with Crippen LogP contribution in [0.25, 0.3) is 0 Å². The molecule has 3 rings (SSSR count). The molecule has 3 aromatic rings. The zero-order valence-corrected chi connectivity index (χ0v) is 14.9. The minimum absolute atomic E-state index is 0.414. The molecule has 3 aromatic carbocycles. The Kier molecular flexibility index (Phi) is 5.52. The number of nitrogens with zero attached hydrogens (tertiary/aromatic N) is 1. The number of rotatable bonds is 6. The number of hydrogen-bond acceptors (Lipinski definition) is 2. The van der Waals surface area contributed by atoms with E-state index in [1.165, 1.54) is 16.7 Å². The molecule has 0 fully saturated rings. The Bertz CT molecular complexity index is 771. The van der Waals surface area contributed by atoms with Crippen LogP contribution in [0.4, 0.5) is 0 Å². The second-order valence-electron chi connectivity index (χ2n) is 6.71. The summed E-state index contributed by atoms with van der Waals surface area (Å²) in [6, 6.07) is 25.1. The zero-order valence-electron chi connectivity index (χ0n) is 14.9. The molecule has 0 atom stereocenters. The molecule has 128 valence electrons. The number of hydrogen-bond donors (Lipinski definition) is 1. The largest absolute Gasteiger partial charge is 0.507 e. The van der Waals surface area contributed by atoms with E-state index in [9.17, 15) is 5.11 Å². The van der Waals surface area contributed by atoms with Crippen LogP contribution in [0.5, 0.6) is 5.75 Å². The summed E-state index contributed by atoms with van der Waals surface area (Å²) in [5.74, 6) is 0.414. The van der Waals surface area contributed by atoms with Crippen molar-refractivity contribution in [3.8, 4) is 5.75 Å². The summed E-state index contributed by atoms with van der Waals surface area (Å²) in [5, 5.41) is 10.5. The highest BCUT2D eigenvalue weighted by molar-refractivity contribution is 5.42. The molecule has 0 amide bonds. The summed E-state index contributed by atoms with van der Waals surface area (Å²) >= 11 is 0. The van der Waals surface area contributed by atoms with Crippen LogP contribution in [0.15, 0.2) is 72.8 Å². The highest BCUT2D eigenvalue weighted by Crippen LogP contribution is 2.26. The fraction of sp³-hybridized carbons (Fsp3) is 0.217. The predicted molar refractivity (Wildman–Crippen MR) is 103 cm³/mol. The molecule has 0 unspecified atom stereocenters. The molecule has 0 radical (unpaired) electrons. The van der Waals surface area contributed by atoms with E-state index in [0.717, 1.165) is 30.8 Å². The van der Waals surface area contributed by atoms with Gasteiger partial charge in [-0.15, -0.1) is 0 Å². The molecule has 0 aliphatic carbocycles. The predicted octanol–water partition coefficient (Wildman–Crippen LogP) is 5.21. The van der Waals surface area contributed by atoms with E-state index in [1.54, 1.807) is 0 Å². The molecule has 2 nitrogen and oxygen atoms in total. The average molecular weight is 331 g/mol. The van der Waals surface area contributed by atoms with Gasteiger partial charge in [0.1, 0.15) is 5.75 Å². The van der Waals surface area contributed by atoms with E-state index in [0.29, 0.717) is 5.75 Å². The van der Waals surface area contributed by atoms with Crippen molar-refractivity contribution in [3.05, 3.63) is 101 Å². The van der Waals surface area contributed by atoms with Crippen LogP contribution in [0.3, 0.4) is 0 Å². The fourth-order valence-corrected chi connectivity index (χ4v) is 3.26. The summed E-state index contributed by atoms with van der Waals surface area (Å²) < 4.78 is 0. The molecule has 0 bridgehead atoms. The molecular weight excluding hydrogens is 306 g/mol. The van der Waals surface area contributed by atoms with Crippen LogP contribution >= 0.6 is 0 Å². The normalized spacial score (nSPS) is 11.0. The van der Waals surface area contributed by atoms with Gasteiger partial charge in [-0.05, 0) is 30.5 Å². The Morgan fingerprint density at radius 2 is 1.24 bits per heavy atom. The maximum absolute atomic E-state index is 10.5. The molecule has 2 heteroatoms. The monoisotopic (exact) mass is 331 g/mol. The lowest BCUT2D eigenvalue weighted by molar-refractivity contribution is 0.244. The highest BCUT2D eigenvalue weighted by Gasteiger charge is 2.12. The first-order valence-corrected chi connectivity index (χ1v) is 8.71. The van der Waals surface area contributed by atoms with Crippen LogP contribution in [0.2, 0.25) is 0 Å². The van der Waals surface area contributed by atoms with Gasteiger partial charge >= 0.3 is 0 Å².